The van der Waals surface area contributed by atoms with Gasteiger partial charge in [-0.3, -0.25) is 4.90 Å². The lowest BCUT2D eigenvalue weighted by Gasteiger charge is -2.26. The van der Waals surface area contributed by atoms with Crippen LogP contribution in [0.4, 0.5) is 0 Å². The van der Waals surface area contributed by atoms with Crippen LogP contribution in [0.3, 0.4) is 0 Å². The van der Waals surface area contributed by atoms with Gasteiger partial charge in [-0.25, -0.2) is 4.68 Å². The number of hydrogen-bond donors (Lipinski definition) is 1. The summed E-state index contributed by atoms with van der Waals surface area (Å²) in [5.41, 5.74) is 2.11. The van der Waals surface area contributed by atoms with E-state index in [9.17, 15) is 0 Å². The number of aromatic nitrogens is 3. The fourth-order valence-corrected chi connectivity index (χ4v) is 2.25. The molecule has 0 radical (unpaired) electrons. The minimum atomic E-state index is 0.917. The molecule has 5 heteroatoms. The third-order valence-electron chi connectivity index (χ3n) is 3.26. The Kier molecular flexibility index (Phi) is 3.02. The zero-order chi connectivity index (χ0) is 11.5. The Balaban J connectivity index is 1.68. The van der Waals surface area contributed by atoms with E-state index >= 15 is 0 Å². The van der Waals surface area contributed by atoms with Gasteiger partial charge in [0.15, 0.2) is 0 Å². The van der Waals surface area contributed by atoms with E-state index in [4.69, 9.17) is 0 Å². The monoisotopic (exact) mass is 231 g/mol. The highest BCUT2D eigenvalue weighted by molar-refractivity contribution is 5.73. The molecule has 0 bridgehead atoms. The molecule has 0 spiro atoms. The van der Waals surface area contributed by atoms with E-state index in [1.54, 1.807) is 0 Å². The first-order valence-corrected chi connectivity index (χ1v) is 6.15. The van der Waals surface area contributed by atoms with Gasteiger partial charge in [-0.1, -0.05) is 17.3 Å². The fourth-order valence-electron chi connectivity index (χ4n) is 2.25. The normalized spacial score (nSPS) is 17.6. The standard InChI is InChI=1S/C12H17N5/c1-2-4-12-11(3-1)14-15-17(12)10-9-16-7-5-13-6-8-16/h1-4,13H,5-10H2. The Morgan fingerprint density at radius 1 is 1.12 bits per heavy atom. The molecule has 2 heterocycles. The van der Waals surface area contributed by atoms with E-state index in [0.717, 1.165) is 50.3 Å². The zero-order valence-electron chi connectivity index (χ0n) is 9.84. The molecular formula is C12H17N5. The highest BCUT2D eigenvalue weighted by Crippen LogP contribution is 2.09. The average Bonchev–Trinajstić information content (AvgIpc) is 2.81. The largest absolute Gasteiger partial charge is 0.314 e. The molecule has 1 saturated heterocycles. The van der Waals surface area contributed by atoms with Crippen LogP contribution in [0.5, 0.6) is 0 Å². The summed E-state index contributed by atoms with van der Waals surface area (Å²) in [5.74, 6) is 0. The second-order valence-electron chi connectivity index (χ2n) is 4.39. The molecule has 0 saturated carbocycles. The Hall–Kier alpha value is -1.46. The molecule has 17 heavy (non-hydrogen) atoms. The van der Waals surface area contributed by atoms with E-state index in [0.29, 0.717) is 0 Å². The molecule has 1 aromatic heterocycles. The van der Waals surface area contributed by atoms with Crippen molar-refractivity contribution in [3.05, 3.63) is 24.3 Å². The molecule has 2 aromatic rings. The third-order valence-corrected chi connectivity index (χ3v) is 3.26. The van der Waals surface area contributed by atoms with Crippen LogP contribution in [0.2, 0.25) is 0 Å². The molecule has 0 amide bonds. The molecule has 1 N–H and O–H groups in total. The van der Waals surface area contributed by atoms with Crippen LogP contribution < -0.4 is 5.32 Å². The third kappa shape index (κ3) is 2.30. The maximum absolute atomic E-state index is 4.20. The molecule has 90 valence electrons. The Morgan fingerprint density at radius 2 is 1.94 bits per heavy atom. The molecular weight excluding hydrogens is 214 g/mol. The number of hydrogen-bond acceptors (Lipinski definition) is 4. The van der Waals surface area contributed by atoms with Gasteiger partial charge in [-0.05, 0) is 12.1 Å². The van der Waals surface area contributed by atoms with Crippen LogP contribution in [0.15, 0.2) is 24.3 Å². The lowest BCUT2D eigenvalue weighted by Crippen LogP contribution is -2.44. The van der Waals surface area contributed by atoms with Crippen molar-refractivity contribution in [3.8, 4) is 0 Å². The van der Waals surface area contributed by atoms with Crippen molar-refractivity contribution in [1.82, 2.24) is 25.2 Å². The van der Waals surface area contributed by atoms with Crippen LogP contribution in [0.1, 0.15) is 0 Å². The summed E-state index contributed by atoms with van der Waals surface area (Å²) in [6, 6.07) is 8.11. The molecule has 0 aliphatic carbocycles. The fraction of sp³-hybridized carbons (Fsp3) is 0.500. The number of piperazine rings is 1. The lowest BCUT2D eigenvalue weighted by atomic mass is 10.3. The molecule has 3 rings (SSSR count). The van der Waals surface area contributed by atoms with Crippen molar-refractivity contribution in [2.24, 2.45) is 0 Å². The lowest BCUT2D eigenvalue weighted by molar-refractivity contribution is 0.230. The number of para-hydroxylation sites is 1. The van der Waals surface area contributed by atoms with Gasteiger partial charge in [0.1, 0.15) is 5.52 Å². The van der Waals surface area contributed by atoms with Crippen molar-refractivity contribution >= 4 is 11.0 Å². The summed E-state index contributed by atoms with van der Waals surface area (Å²) in [6.45, 7) is 6.42. The minimum absolute atomic E-state index is 0.917. The first kappa shape index (κ1) is 10.7. The zero-order valence-corrected chi connectivity index (χ0v) is 9.84. The highest BCUT2D eigenvalue weighted by atomic mass is 15.4. The topological polar surface area (TPSA) is 46.0 Å². The van der Waals surface area contributed by atoms with Crippen molar-refractivity contribution in [2.45, 2.75) is 6.54 Å². The van der Waals surface area contributed by atoms with E-state index in [1.807, 2.05) is 22.9 Å². The number of benzene rings is 1. The van der Waals surface area contributed by atoms with Crippen molar-refractivity contribution < 1.29 is 0 Å². The van der Waals surface area contributed by atoms with E-state index in [-0.39, 0.29) is 0 Å². The number of rotatable bonds is 3. The minimum Gasteiger partial charge on any atom is -0.314 e. The summed E-state index contributed by atoms with van der Waals surface area (Å²) < 4.78 is 2.00. The number of fused-ring (bicyclic) bond motifs is 1. The van der Waals surface area contributed by atoms with Crippen molar-refractivity contribution in [2.75, 3.05) is 32.7 Å². The van der Waals surface area contributed by atoms with Gasteiger partial charge >= 0.3 is 0 Å². The highest BCUT2D eigenvalue weighted by Gasteiger charge is 2.10. The number of nitrogens with one attached hydrogen (secondary N) is 1. The maximum atomic E-state index is 4.20. The SMILES string of the molecule is c1ccc2c(c1)nnn2CCN1CCNCC1. The van der Waals surface area contributed by atoms with Crippen molar-refractivity contribution in [3.63, 3.8) is 0 Å². The Morgan fingerprint density at radius 3 is 2.82 bits per heavy atom. The van der Waals surface area contributed by atoms with Crippen LogP contribution in [0.25, 0.3) is 11.0 Å². The molecule has 0 unspecified atom stereocenters. The molecule has 0 atom stereocenters. The number of nitrogens with zero attached hydrogens (tertiary/aromatic N) is 4. The van der Waals surface area contributed by atoms with Gasteiger partial charge in [0.2, 0.25) is 0 Å². The second-order valence-corrected chi connectivity index (χ2v) is 4.39. The second kappa shape index (κ2) is 4.81. The van der Waals surface area contributed by atoms with Gasteiger partial charge in [0.05, 0.1) is 12.1 Å². The maximum Gasteiger partial charge on any atom is 0.113 e. The van der Waals surface area contributed by atoms with Crippen LogP contribution in [0, 0.1) is 0 Å². The molecule has 1 aliphatic rings. The van der Waals surface area contributed by atoms with Gasteiger partial charge < -0.3 is 5.32 Å². The van der Waals surface area contributed by atoms with Gasteiger partial charge in [0, 0.05) is 32.7 Å². The summed E-state index contributed by atoms with van der Waals surface area (Å²) in [6.07, 6.45) is 0. The predicted molar refractivity (Wildman–Crippen MR) is 66.8 cm³/mol. The quantitative estimate of drug-likeness (QED) is 0.827. The van der Waals surface area contributed by atoms with Crippen LogP contribution >= 0.6 is 0 Å². The van der Waals surface area contributed by atoms with Gasteiger partial charge in [-0.2, -0.15) is 0 Å². The molecule has 1 aliphatic heterocycles. The smallest absolute Gasteiger partial charge is 0.113 e. The average molecular weight is 231 g/mol. The summed E-state index contributed by atoms with van der Waals surface area (Å²) in [7, 11) is 0. The van der Waals surface area contributed by atoms with Crippen LogP contribution in [-0.2, 0) is 6.54 Å². The first-order valence-electron chi connectivity index (χ1n) is 6.15. The predicted octanol–water partition coefficient (Wildman–Crippen LogP) is 0.336. The van der Waals surface area contributed by atoms with Gasteiger partial charge in [-0.15, -0.1) is 5.10 Å². The molecule has 1 aromatic carbocycles. The van der Waals surface area contributed by atoms with E-state index < -0.39 is 0 Å². The van der Waals surface area contributed by atoms with Gasteiger partial charge in [0.25, 0.3) is 0 Å². The molecule has 1 fully saturated rings. The van der Waals surface area contributed by atoms with E-state index in [2.05, 4.69) is 26.6 Å². The first-order chi connectivity index (χ1) is 8.43. The van der Waals surface area contributed by atoms with Crippen molar-refractivity contribution in [1.29, 1.82) is 0 Å². The van der Waals surface area contributed by atoms with Crippen LogP contribution in [-0.4, -0.2) is 52.6 Å². The Bertz CT molecular complexity index is 486. The van der Waals surface area contributed by atoms with E-state index in [1.165, 1.54) is 0 Å². The Labute approximate surface area is 100 Å². The summed E-state index contributed by atoms with van der Waals surface area (Å²) >= 11 is 0. The summed E-state index contributed by atoms with van der Waals surface area (Å²) in [4.78, 5) is 2.47. The molecule has 5 nitrogen and oxygen atoms in total. The summed E-state index contributed by atoms with van der Waals surface area (Å²) in [5, 5.41) is 11.7.